The number of rotatable bonds is 7. The topological polar surface area (TPSA) is 49.8 Å². The van der Waals surface area contributed by atoms with E-state index in [2.05, 4.69) is 33.8 Å². The summed E-state index contributed by atoms with van der Waals surface area (Å²) in [5.41, 5.74) is 1.02. The van der Waals surface area contributed by atoms with Gasteiger partial charge in [0.1, 0.15) is 11.6 Å². The van der Waals surface area contributed by atoms with Crippen LogP contribution in [0.3, 0.4) is 0 Å². The van der Waals surface area contributed by atoms with E-state index in [1.54, 1.807) is 0 Å². The molecule has 0 aliphatic rings. The Morgan fingerprint density at radius 1 is 1.14 bits per heavy atom. The molecule has 0 saturated heterocycles. The van der Waals surface area contributed by atoms with E-state index in [4.69, 9.17) is 0 Å². The van der Waals surface area contributed by atoms with E-state index in [1.165, 1.54) is 0 Å². The van der Waals surface area contributed by atoms with Crippen molar-refractivity contribution in [3.8, 4) is 11.4 Å². The van der Waals surface area contributed by atoms with Crippen molar-refractivity contribution < 1.29 is 0 Å². The van der Waals surface area contributed by atoms with Crippen molar-refractivity contribution in [1.29, 1.82) is 0 Å². The van der Waals surface area contributed by atoms with Gasteiger partial charge >= 0.3 is 0 Å². The SMILES string of the molecule is CCC(CSC)Nc1cc(NC)nc(-c2ccccc2)n1. The third kappa shape index (κ3) is 4.36. The molecule has 0 spiro atoms. The van der Waals surface area contributed by atoms with Gasteiger partial charge in [0.2, 0.25) is 0 Å². The van der Waals surface area contributed by atoms with Gasteiger partial charge in [-0.1, -0.05) is 37.3 Å². The molecule has 112 valence electrons. The van der Waals surface area contributed by atoms with Gasteiger partial charge in [0.05, 0.1) is 0 Å². The first kappa shape index (κ1) is 15.6. The summed E-state index contributed by atoms with van der Waals surface area (Å²) < 4.78 is 0. The molecule has 0 bridgehead atoms. The van der Waals surface area contributed by atoms with Crippen LogP contribution in [0.25, 0.3) is 11.4 Å². The summed E-state index contributed by atoms with van der Waals surface area (Å²) in [6.07, 6.45) is 3.19. The van der Waals surface area contributed by atoms with E-state index in [-0.39, 0.29) is 0 Å². The van der Waals surface area contributed by atoms with Gasteiger partial charge in [-0.2, -0.15) is 11.8 Å². The van der Waals surface area contributed by atoms with E-state index in [0.29, 0.717) is 6.04 Å². The van der Waals surface area contributed by atoms with Crippen LogP contribution >= 0.6 is 11.8 Å². The van der Waals surface area contributed by atoms with Crippen molar-refractivity contribution in [2.75, 3.05) is 29.7 Å². The summed E-state index contributed by atoms with van der Waals surface area (Å²) in [6.45, 7) is 2.19. The molecule has 1 aromatic heterocycles. The van der Waals surface area contributed by atoms with Crippen molar-refractivity contribution in [2.24, 2.45) is 0 Å². The summed E-state index contributed by atoms with van der Waals surface area (Å²) in [7, 11) is 1.88. The van der Waals surface area contributed by atoms with Gasteiger partial charge in [0, 0.05) is 30.5 Å². The lowest BCUT2D eigenvalue weighted by Crippen LogP contribution is -2.22. The van der Waals surface area contributed by atoms with Gasteiger partial charge in [0.25, 0.3) is 0 Å². The largest absolute Gasteiger partial charge is 0.373 e. The number of hydrogen-bond donors (Lipinski definition) is 2. The molecule has 0 fully saturated rings. The second kappa shape index (κ2) is 7.88. The Bertz CT molecular complexity index is 559. The number of thioether (sulfide) groups is 1. The quantitative estimate of drug-likeness (QED) is 0.816. The molecule has 0 saturated carbocycles. The maximum atomic E-state index is 4.65. The highest BCUT2D eigenvalue weighted by Gasteiger charge is 2.10. The van der Waals surface area contributed by atoms with Gasteiger partial charge in [0.15, 0.2) is 5.82 Å². The van der Waals surface area contributed by atoms with E-state index in [9.17, 15) is 0 Å². The number of hydrogen-bond acceptors (Lipinski definition) is 5. The third-order valence-electron chi connectivity index (χ3n) is 3.23. The predicted molar refractivity (Wildman–Crippen MR) is 93.1 cm³/mol. The molecule has 0 radical (unpaired) electrons. The lowest BCUT2D eigenvalue weighted by molar-refractivity contribution is 0.769. The summed E-state index contributed by atoms with van der Waals surface area (Å²) in [4.78, 5) is 9.18. The van der Waals surface area contributed by atoms with Crippen molar-refractivity contribution in [1.82, 2.24) is 9.97 Å². The first-order chi connectivity index (χ1) is 10.3. The first-order valence-electron chi connectivity index (χ1n) is 7.14. The molecule has 2 N–H and O–H groups in total. The van der Waals surface area contributed by atoms with Crippen LogP contribution in [0.2, 0.25) is 0 Å². The number of nitrogens with one attached hydrogen (secondary N) is 2. The van der Waals surface area contributed by atoms with Crippen LogP contribution < -0.4 is 10.6 Å². The zero-order valence-electron chi connectivity index (χ0n) is 12.8. The molecule has 0 aliphatic heterocycles. The van der Waals surface area contributed by atoms with Gasteiger partial charge in [-0.05, 0) is 12.7 Å². The minimum absolute atomic E-state index is 0.420. The average molecular weight is 302 g/mol. The first-order valence-corrected chi connectivity index (χ1v) is 8.54. The van der Waals surface area contributed by atoms with Crippen LogP contribution in [0.15, 0.2) is 36.4 Å². The van der Waals surface area contributed by atoms with Gasteiger partial charge in [-0.15, -0.1) is 0 Å². The molecule has 1 unspecified atom stereocenters. The number of aromatic nitrogens is 2. The Balaban J connectivity index is 2.29. The standard InChI is InChI=1S/C16H22N4S/c1-4-13(11-21-3)18-15-10-14(17-2)19-16(20-15)12-8-6-5-7-9-12/h5-10,13H,4,11H2,1-3H3,(H2,17,18,19,20). The number of nitrogens with zero attached hydrogens (tertiary/aromatic N) is 2. The molecule has 4 nitrogen and oxygen atoms in total. The molecule has 1 atom stereocenters. The highest BCUT2D eigenvalue weighted by atomic mass is 32.2. The van der Waals surface area contributed by atoms with E-state index >= 15 is 0 Å². The van der Waals surface area contributed by atoms with Crippen molar-refractivity contribution in [3.63, 3.8) is 0 Å². The summed E-state index contributed by atoms with van der Waals surface area (Å²) in [5.74, 6) is 3.50. The number of benzene rings is 1. The van der Waals surface area contributed by atoms with Crippen molar-refractivity contribution in [3.05, 3.63) is 36.4 Å². The molecule has 0 amide bonds. The Kier molecular flexibility index (Phi) is 5.87. The fraction of sp³-hybridized carbons (Fsp3) is 0.375. The molecule has 1 heterocycles. The van der Waals surface area contributed by atoms with Crippen molar-refractivity contribution in [2.45, 2.75) is 19.4 Å². The van der Waals surface area contributed by atoms with Crippen LogP contribution in [-0.4, -0.2) is 35.1 Å². The molecule has 2 aromatic rings. The smallest absolute Gasteiger partial charge is 0.163 e. The third-order valence-corrected chi connectivity index (χ3v) is 3.96. The fourth-order valence-corrected chi connectivity index (χ4v) is 2.76. The summed E-state index contributed by atoms with van der Waals surface area (Å²) >= 11 is 1.84. The van der Waals surface area contributed by atoms with E-state index in [0.717, 1.165) is 35.2 Å². The fourth-order valence-electron chi connectivity index (χ4n) is 2.04. The minimum Gasteiger partial charge on any atom is -0.373 e. The second-order valence-electron chi connectivity index (χ2n) is 4.78. The Morgan fingerprint density at radius 2 is 1.86 bits per heavy atom. The molecular weight excluding hydrogens is 280 g/mol. The summed E-state index contributed by atoms with van der Waals surface area (Å²) in [5, 5.41) is 6.61. The second-order valence-corrected chi connectivity index (χ2v) is 5.69. The van der Waals surface area contributed by atoms with Gasteiger partial charge < -0.3 is 10.6 Å². The lowest BCUT2D eigenvalue weighted by atomic mass is 10.2. The van der Waals surface area contributed by atoms with Crippen LogP contribution in [0.5, 0.6) is 0 Å². The maximum Gasteiger partial charge on any atom is 0.163 e. The predicted octanol–water partition coefficient (Wildman–Crippen LogP) is 3.74. The van der Waals surface area contributed by atoms with Crippen molar-refractivity contribution >= 4 is 23.4 Å². The molecule has 21 heavy (non-hydrogen) atoms. The van der Waals surface area contributed by atoms with E-state index < -0.39 is 0 Å². The number of anilines is 2. The highest BCUT2D eigenvalue weighted by molar-refractivity contribution is 7.98. The average Bonchev–Trinajstić information content (AvgIpc) is 2.55. The zero-order valence-corrected chi connectivity index (χ0v) is 13.6. The Morgan fingerprint density at radius 3 is 2.48 bits per heavy atom. The zero-order chi connectivity index (χ0) is 15.1. The van der Waals surface area contributed by atoms with Crippen LogP contribution in [0.4, 0.5) is 11.6 Å². The lowest BCUT2D eigenvalue weighted by Gasteiger charge is -2.17. The van der Waals surface area contributed by atoms with Crippen LogP contribution in [0, 0.1) is 0 Å². The Hall–Kier alpha value is -1.75. The molecule has 5 heteroatoms. The van der Waals surface area contributed by atoms with E-state index in [1.807, 2.05) is 55.2 Å². The molecule has 1 aromatic carbocycles. The molecular formula is C16H22N4S. The van der Waals surface area contributed by atoms with Gasteiger partial charge in [-0.25, -0.2) is 9.97 Å². The normalized spacial score (nSPS) is 12.0. The molecule has 0 aliphatic carbocycles. The summed E-state index contributed by atoms with van der Waals surface area (Å²) in [6, 6.07) is 12.4. The minimum atomic E-state index is 0.420. The van der Waals surface area contributed by atoms with Crippen LogP contribution in [-0.2, 0) is 0 Å². The van der Waals surface area contributed by atoms with Crippen LogP contribution in [0.1, 0.15) is 13.3 Å². The highest BCUT2D eigenvalue weighted by Crippen LogP contribution is 2.21. The Labute approximate surface area is 130 Å². The molecule has 2 rings (SSSR count). The van der Waals surface area contributed by atoms with Gasteiger partial charge in [-0.3, -0.25) is 0 Å². The monoisotopic (exact) mass is 302 g/mol. The maximum absolute atomic E-state index is 4.65.